The number of piperazine rings is 1. The highest BCUT2D eigenvalue weighted by molar-refractivity contribution is 6.90. The summed E-state index contributed by atoms with van der Waals surface area (Å²) in [4.78, 5) is 23.9. The van der Waals surface area contributed by atoms with Crippen molar-refractivity contribution < 1.29 is 32.2 Å². The fraction of sp³-hybridized carbons (Fsp3) is 0.476. The van der Waals surface area contributed by atoms with E-state index >= 15 is 13.2 Å². The lowest BCUT2D eigenvalue weighted by atomic mass is 9.93. The van der Waals surface area contributed by atoms with Gasteiger partial charge in [0.25, 0.3) is 0 Å². The highest BCUT2D eigenvalue weighted by atomic mass is 28.3. The molecule has 3 aromatic carbocycles. The van der Waals surface area contributed by atoms with Crippen LogP contribution in [0.2, 0.25) is 16.6 Å². The first-order valence-electron chi connectivity index (χ1n) is 18.6. The van der Waals surface area contributed by atoms with Crippen molar-refractivity contribution in [1.29, 1.82) is 5.26 Å². The van der Waals surface area contributed by atoms with E-state index in [1.165, 1.54) is 12.0 Å². The van der Waals surface area contributed by atoms with E-state index in [-0.39, 0.29) is 49.6 Å². The van der Waals surface area contributed by atoms with Crippen LogP contribution >= 0.6 is 0 Å². The van der Waals surface area contributed by atoms with Gasteiger partial charge in [-0.2, -0.15) is 19.6 Å². The van der Waals surface area contributed by atoms with E-state index in [9.17, 15) is 10.1 Å². The van der Waals surface area contributed by atoms with Gasteiger partial charge in [-0.15, -0.1) is 5.54 Å². The molecule has 1 aliphatic rings. The molecule has 1 saturated heterocycles. The topological polar surface area (TPSA) is 101 Å². The van der Waals surface area contributed by atoms with Crippen LogP contribution in [-0.4, -0.2) is 74.2 Å². The number of carbonyl (C=O) groups excluding carboxylic acids is 1. The molecular weight excluding hydrogens is 724 g/mol. The third-order valence-electron chi connectivity index (χ3n) is 10.4. The van der Waals surface area contributed by atoms with E-state index in [1.807, 2.05) is 18.2 Å². The summed E-state index contributed by atoms with van der Waals surface area (Å²) < 4.78 is 65.6. The maximum Gasteiger partial charge on any atom is 0.410 e. The van der Waals surface area contributed by atoms with E-state index < -0.39 is 54.6 Å². The summed E-state index contributed by atoms with van der Waals surface area (Å²) in [6, 6.07) is 11.4. The van der Waals surface area contributed by atoms with E-state index in [4.69, 9.17) is 14.2 Å². The van der Waals surface area contributed by atoms with Crippen molar-refractivity contribution in [3.8, 4) is 34.4 Å². The van der Waals surface area contributed by atoms with Crippen molar-refractivity contribution in [1.82, 2.24) is 14.9 Å². The van der Waals surface area contributed by atoms with E-state index in [0.717, 1.165) is 6.07 Å². The Bertz CT molecular complexity index is 2170. The summed E-state index contributed by atoms with van der Waals surface area (Å²) in [6.07, 6.45) is -1.86. The Morgan fingerprint density at radius 2 is 1.71 bits per heavy atom. The van der Waals surface area contributed by atoms with Gasteiger partial charge in [-0.05, 0) is 67.0 Å². The molecule has 1 fully saturated rings. The zero-order chi connectivity index (χ0) is 40.4. The first-order valence-corrected chi connectivity index (χ1v) is 20.8. The minimum absolute atomic E-state index is 0.0445. The lowest BCUT2D eigenvalue weighted by Gasteiger charge is -2.41. The molecule has 0 aliphatic carbocycles. The van der Waals surface area contributed by atoms with Crippen molar-refractivity contribution in [3.05, 3.63) is 59.7 Å². The molecule has 55 heavy (non-hydrogen) atoms. The molecule has 1 atom stereocenters. The molecular formula is C42H50F3N5O4Si. The first-order chi connectivity index (χ1) is 25.9. The van der Waals surface area contributed by atoms with Crippen molar-refractivity contribution in [2.75, 3.05) is 38.4 Å². The molecule has 292 valence electrons. The molecule has 5 rings (SSSR count). The summed E-state index contributed by atoms with van der Waals surface area (Å²) in [5.74, 6) is 1.72. The quantitative estimate of drug-likeness (QED) is 0.0718. The lowest BCUT2D eigenvalue weighted by Crippen LogP contribution is -2.56. The van der Waals surface area contributed by atoms with Gasteiger partial charge >= 0.3 is 12.2 Å². The van der Waals surface area contributed by atoms with Gasteiger partial charge in [0.05, 0.1) is 24.1 Å². The molecule has 2 heterocycles. The maximum absolute atomic E-state index is 17.1. The number of carbonyl (C=O) groups is 1. The van der Waals surface area contributed by atoms with Crippen molar-refractivity contribution in [2.45, 2.75) is 97.0 Å². The Morgan fingerprint density at radius 1 is 1.02 bits per heavy atom. The Hall–Kier alpha value is -4.85. The maximum atomic E-state index is 17.1. The van der Waals surface area contributed by atoms with Crippen LogP contribution in [0.5, 0.6) is 5.75 Å². The first kappa shape index (κ1) is 41.3. The number of anilines is 1. The Kier molecular flexibility index (Phi) is 12.4. The van der Waals surface area contributed by atoms with Crippen molar-refractivity contribution in [2.24, 2.45) is 0 Å². The van der Waals surface area contributed by atoms with Gasteiger partial charge in [0.2, 0.25) is 0 Å². The average molecular weight is 774 g/mol. The van der Waals surface area contributed by atoms with Crippen LogP contribution in [0, 0.1) is 40.5 Å². The third kappa shape index (κ3) is 8.38. The normalized spacial score (nSPS) is 15.1. The van der Waals surface area contributed by atoms with Crippen molar-refractivity contribution in [3.63, 3.8) is 0 Å². The van der Waals surface area contributed by atoms with Crippen LogP contribution in [0.3, 0.4) is 0 Å². The third-order valence-corrected chi connectivity index (χ3v) is 16.7. The van der Waals surface area contributed by atoms with Gasteiger partial charge in [0.1, 0.15) is 36.6 Å². The van der Waals surface area contributed by atoms with Crippen LogP contribution in [0.1, 0.15) is 74.3 Å². The van der Waals surface area contributed by atoms with E-state index in [2.05, 4.69) is 69.0 Å². The minimum atomic E-state index is -2.20. The van der Waals surface area contributed by atoms with Crippen LogP contribution in [-0.2, 0) is 9.47 Å². The Balaban J connectivity index is 1.71. The molecule has 0 saturated carbocycles. The van der Waals surface area contributed by atoms with E-state index in [0.29, 0.717) is 38.7 Å². The van der Waals surface area contributed by atoms with Crippen LogP contribution in [0.4, 0.5) is 23.8 Å². The fourth-order valence-corrected chi connectivity index (χ4v) is 13.3. The van der Waals surface area contributed by atoms with Gasteiger partial charge in [-0.1, -0.05) is 59.6 Å². The lowest BCUT2D eigenvalue weighted by molar-refractivity contribution is 0.0145. The molecule has 0 radical (unpaired) electrons. The second kappa shape index (κ2) is 16.5. The zero-order valence-corrected chi connectivity index (χ0v) is 34.3. The molecule has 9 nitrogen and oxygen atoms in total. The number of methoxy groups -OCH3 is 1. The predicted molar refractivity (Wildman–Crippen MR) is 212 cm³/mol. The number of fused-ring (bicyclic) bond motifs is 2. The molecule has 0 unspecified atom stereocenters. The van der Waals surface area contributed by atoms with Gasteiger partial charge in [0.15, 0.2) is 12.6 Å². The van der Waals surface area contributed by atoms with Crippen LogP contribution < -0.4 is 9.64 Å². The average Bonchev–Trinajstić information content (AvgIpc) is 3.10. The second-order valence-corrected chi connectivity index (χ2v) is 21.5. The molecule has 1 amide bonds. The molecule has 1 aliphatic heterocycles. The molecule has 13 heteroatoms. The molecule has 1 aromatic heterocycles. The highest BCUT2D eigenvalue weighted by Gasteiger charge is 2.42. The number of aromatic nitrogens is 2. The Labute approximate surface area is 322 Å². The number of hydrogen-bond acceptors (Lipinski definition) is 8. The summed E-state index contributed by atoms with van der Waals surface area (Å²) in [5.41, 5.74) is 3.97. The predicted octanol–water partition coefficient (Wildman–Crippen LogP) is 9.76. The number of halogens is 3. The summed E-state index contributed by atoms with van der Waals surface area (Å²) in [6.45, 7) is 18.7. The monoisotopic (exact) mass is 773 g/mol. The van der Waals surface area contributed by atoms with Gasteiger partial charge in [-0.25, -0.2) is 13.6 Å². The number of benzene rings is 3. The largest absolute Gasteiger partial charge is 0.468 e. The number of nitrogens with zero attached hydrogens (tertiary/aromatic N) is 5. The van der Waals surface area contributed by atoms with Crippen LogP contribution in [0.15, 0.2) is 36.4 Å². The summed E-state index contributed by atoms with van der Waals surface area (Å²) in [5, 5.41) is 10.7. The number of amides is 1. The number of hydrogen-bond donors (Lipinski definition) is 0. The van der Waals surface area contributed by atoms with Crippen molar-refractivity contribution >= 4 is 41.7 Å². The summed E-state index contributed by atoms with van der Waals surface area (Å²) >= 11 is 0. The minimum Gasteiger partial charge on any atom is -0.468 e. The molecule has 0 N–H and O–H groups in total. The number of nitriles is 1. The van der Waals surface area contributed by atoms with E-state index in [1.54, 1.807) is 37.8 Å². The van der Waals surface area contributed by atoms with Gasteiger partial charge in [-0.3, -0.25) is 0 Å². The van der Waals surface area contributed by atoms with Crippen LogP contribution in [0.25, 0.3) is 32.8 Å². The SMILES string of the molecule is COCOc1cc(-c2c(F)cc3c(N4CCN(C(=O)OC(C)(C)C)[C@@H](CC#N)C4)nc(F)nc3c2F)c2c(C#C[Si](C(C)C)(C(C)C)C(C)C)cccc2c1. The number of rotatable bonds is 9. The second-order valence-electron chi connectivity index (χ2n) is 16.0. The Morgan fingerprint density at radius 3 is 2.33 bits per heavy atom. The summed E-state index contributed by atoms with van der Waals surface area (Å²) in [7, 11) is -0.732. The van der Waals surface area contributed by atoms with Gasteiger partial charge in [0, 0.05) is 48.6 Å². The smallest absolute Gasteiger partial charge is 0.410 e. The fourth-order valence-electron chi connectivity index (χ4n) is 8.05. The highest BCUT2D eigenvalue weighted by Crippen LogP contribution is 2.43. The molecule has 4 aromatic rings. The number of ether oxygens (including phenoxy) is 3. The molecule has 0 spiro atoms. The van der Waals surface area contributed by atoms with Gasteiger partial charge < -0.3 is 24.0 Å². The molecule has 0 bridgehead atoms. The zero-order valence-electron chi connectivity index (χ0n) is 33.3. The standard InChI is InChI=1S/C42H50F3N5O4Si/c1-25(2)55(26(3)4,27(5)6)19-15-28-12-11-13-29-20-31(53-24-52-10)21-32(35(28)29)36-34(43)22-33-38(37(36)44)47-40(45)48-39(33)49-17-18-50(30(23-49)14-16-46)41(51)54-42(7,8)9/h11-13,20-22,25-27,30H,14,17-18,23-24H2,1-10H3/t30-/m0/s1.